The van der Waals surface area contributed by atoms with Crippen molar-refractivity contribution in [2.75, 3.05) is 29.0 Å². The Morgan fingerprint density at radius 2 is 1.59 bits per heavy atom. The normalized spacial score (nSPS) is 11.2. The fraction of sp³-hybridized carbons (Fsp3) is 0.200. The van der Waals surface area contributed by atoms with Crippen molar-refractivity contribution in [2.45, 2.75) is 12.7 Å². The third kappa shape index (κ3) is 5.89. The molecule has 3 aromatic rings. The van der Waals surface area contributed by atoms with Crippen LogP contribution in [-0.4, -0.2) is 32.5 Å². The average molecular weight is 415 g/mol. The van der Waals surface area contributed by atoms with Gasteiger partial charge in [0.2, 0.25) is 10.0 Å². The van der Waals surface area contributed by atoms with Gasteiger partial charge in [-0.25, -0.2) is 22.8 Å². The molecule has 0 aliphatic rings. The SMILES string of the molecule is Cc1nc(Nc2ccc(NS(=O)(=O)Cc3ccc(F)cc3)cc2)cc(N(C)C)n1. The zero-order valence-electron chi connectivity index (χ0n) is 16.3. The lowest BCUT2D eigenvalue weighted by atomic mass is 10.2. The second kappa shape index (κ2) is 8.44. The van der Waals surface area contributed by atoms with Crippen molar-refractivity contribution in [3.05, 3.63) is 71.8 Å². The number of sulfonamides is 1. The number of aryl methyl sites for hydroxylation is 1. The summed E-state index contributed by atoms with van der Waals surface area (Å²) in [6.07, 6.45) is 0. The molecule has 0 fully saturated rings. The summed E-state index contributed by atoms with van der Waals surface area (Å²) in [5, 5.41) is 3.18. The highest BCUT2D eigenvalue weighted by Gasteiger charge is 2.12. The molecule has 0 unspecified atom stereocenters. The number of benzene rings is 2. The Morgan fingerprint density at radius 3 is 2.21 bits per heavy atom. The third-order valence-electron chi connectivity index (χ3n) is 3.98. The molecule has 0 radical (unpaired) electrons. The number of hydrogen-bond donors (Lipinski definition) is 2. The lowest BCUT2D eigenvalue weighted by Crippen LogP contribution is -2.15. The van der Waals surface area contributed by atoms with Gasteiger partial charge in [-0.1, -0.05) is 12.1 Å². The van der Waals surface area contributed by atoms with Gasteiger partial charge >= 0.3 is 0 Å². The second-order valence-electron chi connectivity index (χ2n) is 6.74. The minimum atomic E-state index is -3.61. The molecular weight excluding hydrogens is 393 g/mol. The summed E-state index contributed by atoms with van der Waals surface area (Å²) in [4.78, 5) is 10.6. The third-order valence-corrected chi connectivity index (χ3v) is 5.24. The van der Waals surface area contributed by atoms with E-state index in [9.17, 15) is 12.8 Å². The maximum Gasteiger partial charge on any atom is 0.236 e. The van der Waals surface area contributed by atoms with Crippen LogP contribution in [0.3, 0.4) is 0 Å². The monoisotopic (exact) mass is 415 g/mol. The summed E-state index contributed by atoms with van der Waals surface area (Å²) in [5.74, 6) is 1.43. The largest absolute Gasteiger partial charge is 0.363 e. The molecule has 0 aliphatic heterocycles. The van der Waals surface area contributed by atoms with Crippen molar-refractivity contribution in [2.24, 2.45) is 0 Å². The van der Waals surface area contributed by atoms with Crippen LogP contribution in [0.5, 0.6) is 0 Å². The van der Waals surface area contributed by atoms with Gasteiger partial charge in [0.25, 0.3) is 0 Å². The van der Waals surface area contributed by atoms with Gasteiger partial charge < -0.3 is 10.2 Å². The van der Waals surface area contributed by atoms with E-state index in [-0.39, 0.29) is 5.75 Å². The standard InChI is InChI=1S/C20H22FN5O2S/c1-14-22-19(12-20(23-14)26(2)3)24-17-8-10-18(11-9-17)25-29(27,28)13-15-4-6-16(21)7-5-15/h4-12,25H,13H2,1-3H3,(H,22,23,24). The van der Waals surface area contributed by atoms with Gasteiger partial charge in [0.1, 0.15) is 23.3 Å². The number of rotatable bonds is 7. The van der Waals surface area contributed by atoms with Crippen molar-refractivity contribution >= 4 is 33.0 Å². The number of nitrogens with zero attached hydrogens (tertiary/aromatic N) is 3. The number of nitrogens with one attached hydrogen (secondary N) is 2. The molecule has 29 heavy (non-hydrogen) atoms. The minimum Gasteiger partial charge on any atom is -0.363 e. The van der Waals surface area contributed by atoms with Gasteiger partial charge in [-0.15, -0.1) is 0 Å². The first-order valence-corrected chi connectivity index (χ1v) is 10.5. The van der Waals surface area contributed by atoms with E-state index < -0.39 is 15.8 Å². The van der Waals surface area contributed by atoms with Gasteiger partial charge in [0.15, 0.2) is 0 Å². The van der Waals surface area contributed by atoms with Crippen molar-refractivity contribution < 1.29 is 12.8 Å². The molecule has 7 nitrogen and oxygen atoms in total. The summed E-state index contributed by atoms with van der Waals surface area (Å²) in [5.41, 5.74) is 1.70. The van der Waals surface area contributed by atoms with Crippen LogP contribution in [-0.2, 0) is 15.8 Å². The van der Waals surface area contributed by atoms with Crippen molar-refractivity contribution in [1.82, 2.24) is 9.97 Å². The van der Waals surface area contributed by atoms with Gasteiger partial charge in [0, 0.05) is 31.5 Å². The zero-order valence-corrected chi connectivity index (χ0v) is 17.2. The van der Waals surface area contributed by atoms with Gasteiger partial charge in [-0.2, -0.15) is 0 Å². The predicted octanol–water partition coefficient (Wildman–Crippen LogP) is 3.68. The molecule has 1 heterocycles. The summed E-state index contributed by atoms with van der Waals surface area (Å²) < 4.78 is 40.1. The maximum absolute atomic E-state index is 13.0. The van der Waals surface area contributed by atoms with E-state index >= 15 is 0 Å². The molecule has 0 saturated heterocycles. The summed E-state index contributed by atoms with van der Waals surface area (Å²) in [7, 11) is 0.190. The first-order valence-electron chi connectivity index (χ1n) is 8.85. The van der Waals surface area contributed by atoms with Crippen LogP contribution in [0.4, 0.5) is 27.4 Å². The molecule has 152 valence electrons. The van der Waals surface area contributed by atoms with Crippen LogP contribution in [0.2, 0.25) is 0 Å². The first kappa shape index (κ1) is 20.5. The van der Waals surface area contributed by atoms with Gasteiger partial charge in [0.05, 0.1) is 5.75 Å². The Bertz CT molecular complexity index is 1080. The predicted molar refractivity (Wildman–Crippen MR) is 113 cm³/mol. The molecule has 2 N–H and O–H groups in total. The van der Waals surface area contributed by atoms with Crippen LogP contribution >= 0.6 is 0 Å². The van der Waals surface area contributed by atoms with Crippen LogP contribution in [0.1, 0.15) is 11.4 Å². The fourth-order valence-electron chi connectivity index (χ4n) is 2.63. The highest BCUT2D eigenvalue weighted by atomic mass is 32.2. The molecule has 3 rings (SSSR count). The molecule has 9 heteroatoms. The van der Waals surface area contributed by atoms with Crippen molar-refractivity contribution in [1.29, 1.82) is 0 Å². The highest BCUT2D eigenvalue weighted by Crippen LogP contribution is 2.21. The van der Waals surface area contributed by atoms with E-state index in [2.05, 4.69) is 20.0 Å². The number of hydrogen-bond acceptors (Lipinski definition) is 6. The van der Waals surface area contributed by atoms with Crippen LogP contribution in [0.25, 0.3) is 0 Å². The van der Waals surface area contributed by atoms with Crippen LogP contribution in [0, 0.1) is 12.7 Å². The van der Waals surface area contributed by atoms with Gasteiger partial charge in [-0.3, -0.25) is 4.72 Å². The van der Waals surface area contributed by atoms with Crippen molar-refractivity contribution in [3.8, 4) is 0 Å². The molecule has 0 saturated carbocycles. The number of aromatic nitrogens is 2. The summed E-state index contributed by atoms with van der Waals surface area (Å²) in [6, 6.07) is 14.0. The Hall–Kier alpha value is -3.20. The Balaban J connectivity index is 1.68. The molecule has 0 amide bonds. The minimum absolute atomic E-state index is 0.235. The highest BCUT2D eigenvalue weighted by molar-refractivity contribution is 7.91. The number of anilines is 4. The van der Waals surface area contributed by atoms with E-state index in [4.69, 9.17) is 0 Å². The second-order valence-corrected chi connectivity index (χ2v) is 8.47. The maximum atomic E-state index is 13.0. The molecule has 0 atom stereocenters. The topological polar surface area (TPSA) is 87.2 Å². The average Bonchev–Trinajstić information content (AvgIpc) is 2.64. The number of halogens is 1. The molecule has 0 spiro atoms. The quantitative estimate of drug-likeness (QED) is 0.612. The van der Waals surface area contributed by atoms with E-state index in [1.54, 1.807) is 24.3 Å². The first-order chi connectivity index (χ1) is 13.7. The van der Waals surface area contributed by atoms with E-state index in [0.717, 1.165) is 11.5 Å². The van der Waals surface area contributed by atoms with Crippen LogP contribution in [0.15, 0.2) is 54.6 Å². The molecule has 0 aliphatic carbocycles. The molecule has 0 bridgehead atoms. The molecule has 2 aromatic carbocycles. The lowest BCUT2D eigenvalue weighted by molar-refractivity contribution is 0.600. The molecule has 1 aromatic heterocycles. The van der Waals surface area contributed by atoms with E-state index in [1.807, 2.05) is 32.0 Å². The Morgan fingerprint density at radius 1 is 0.966 bits per heavy atom. The van der Waals surface area contributed by atoms with Crippen LogP contribution < -0.4 is 14.9 Å². The van der Waals surface area contributed by atoms with Gasteiger partial charge in [-0.05, 0) is 48.9 Å². The molecular formula is C20H22FN5O2S. The Kier molecular flexibility index (Phi) is 5.97. The zero-order chi connectivity index (χ0) is 21.0. The summed E-state index contributed by atoms with van der Waals surface area (Å²) >= 11 is 0. The summed E-state index contributed by atoms with van der Waals surface area (Å²) in [6.45, 7) is 1.82. The van der Waals surface area contributed by atoms with E-state index in [0.29, 0.717) is 22.9 Å². The van der Waals surface area contributed by atoms with Crippen molar-refractivity contribution in [3.63, 3.8) is 0 Å². The Labute approximate surface area is 169 Å². The van der Waals surface area contributed by atoms with E-state index in [1.165, 1.54) is 24.3 Å². The smallest absolute Gasteiger partial charge is 0.236 e. The lowest BCUT2D eigenvalue weighted by Gasteiger charge is -2.14. The fourth-order valence-corrected chi connectivity index (χ4v) is 3.83.